The summed E-state index contributed by atoms with van der Waals surface area (Å²) in [4.78, 5) is 9.91. The Bertz CT molecular complexity index is 496. The monoisotopic (exact) mass is 434 g/mol. The van der Waals surface area contributed by atoms with Crippen LogP contribution in [0.5, 0.6) is 0 Å². The molecule has 0 saturated heterocycles. The van der Waals surface area contributed by atoms with Gasteiger partial charge < -0.3 is 10.6 Å². The van der Waals surface area contributed by atoms with Crippen molar-refractivity contribution in [3.05, 3.63) is 27.7 Å². The Kier molecular flexibility index (Phi) is 9.70. The van der Waals surface area contributed by atoms with Gasteiger partial charge in [-0.3, -0.25) is 4.99 Å². The van der Waals surface area contributed by atoms with Crippen molar-refractivity contribution in [2.75, 3.05) is 20.1 Å². The van der Waals surface area contributed by atoms with Gasteiger partial charge in [-0.25, -0.2) is 4.98 Å². The minimum absolute atomic E-state index is 0. The number of hydrogen-bond acceptors (Lipinski definition) is 3. The third-order valence-electron chi connectivity index (χ3n) is 3.65. The minimum atomic E-state index is 0. The van der Waals surface area contributed by atoms with Gasteiger partial charge in [0.25, 0.3) is 0 Å². The molecule has 1 aliphatic carbocycles. The second kappa shape index (κ2) is 11.0. The molecule has 0 bridgehead atoms. The largest absolute Gasteiger partial charge is 0.356 e. The predicted molar refractivity (Wildman–Crippen MR) is 107 cm³/mol. The number of thiazole rings is 1. The van der Waals surface area contributed by atoms with E-state index in [0.717, 1.165) is 31.9 Å². The molecule has 1 heterocycles. The first-order valence-corrected chi connectivity index (χ1v) is 8.63. The average Bonchev–Trinajstić information content (AvgIpc) is 2.92. The molecular weight excluding hydrogens is 407 g/mol. The molecule has 0 aromatic carbocycles. The van der Waals surface area contributed by atoms with E-state index in [9.17, 15) is 0 Å². The van der Waals surface area contributed by atoms with Gasteiger partial charge in [-0.2, -0.15) is 0 Å². The van der Waals surface area contributed by atoms with Crippen LogP contribution in [0.25, 0.3) is 0 Å². The lowest BCUT2D eigenvalue weighted by Gasteiger charge is -2.15. The summed E-state index contributed by atoms with van der Waals surface area (Å²) in [5.41, 5.74) is 1.60. The highest BCUT2D eigenvalue weighted by Crippen LogP contribution is 2.19. The zero-order valence-corrected chi connectivity index (χ0v) is 16.7. The Morgan fingerprint density at radius 3 is 2.64 bits per heavy atom. The number of nitrogens with zero attached hydrogens (tertiary/aromatic N) is 2. The maximum Gasteiger partial charge on any atom is 0.191 e. The van der Waals surface area contributed by atoms with Gasteiger partial charge in [-0.1, -0.05) is 11.6 Å². The molecule has 0 radical (unpaired) electrons. The van der Waals surface area contributed by atoms with Crippen molar-refractivity contribution < 1.29 is 0 Å². The molecular formula is C16H27IN4S. The maximum atomic E-state index is 4.37. The summed E-state index contributed by atoms with van der Waals surface area (Å²) in [6.45, 7) is 3.92. The maximum absolute atomic E-state index is 4.37. The van der Waals surface area contributed by atoms with E-state index in [2.05, 4.69) is 33.6 Å². The quantitative estimate of drug-likeness (QED) is 0.311. The fourth-order valence-corrected chi connectivity index (χ4v) is 3.29. The molecule has 0 fully saturated rings. The van der Waals surface area contributed by atoms with E-state index in [1.165, 1.54) is 35.6 Å². The lowest BCUT2D eigenvalue weighted by atomic mass is 9.97. The number of rotatable bonds is 6. The van der Waals surface area contributed by atoms with Crippen molar-refractivity contribution >= 4 is 41.3 Å². The van der Waals surface area contributed by atoms with Gasteiger partial charge in [-0.05, 0) is 39.0 Å². The van der Waals surface area contributed by atoms with Gasteiger partial charge >= 0.3 is 0 Å². The van der Waals surface area contributed by atoms with Gasteiger partial charge in [0.15, 0.2) is 5.96 Å². The molecule has 0 saturated carbocycles. The van der Waals surface area contributed by atoms with Crippen LogP contribution in [0.3, 0.4) is 0 Å². The molecule has 4 nitrogen and oxygen atoms in total. The van der Waals surface area contributed by atoms with E-state index >= 15 is 0 Å². The Morgan fingerprint density at radius 2 is 2.05 bits per heavy atom. The van der Waals surface area contributed by atoms with Crippen LogP contribution in [-0.2, 0) is 6.42 Å². The second-order valence-corrected chi connectivity index (χ2v) is 6.72. The fraction of sp³-hybridized carbons (Fsp3) is 0.625. The number of aromatic nitrogens is 1. The number of nitrogens with one attached hydrogen (secondary N) is 2. The van der Waals surface area contributed by atoms with Gasteiger partial charge in [0.2, 0.25) is 0 Å². The Morgan fingerprint density at radius 1 is 1.27 bits per heavy atom. The molecule has 0 spiro atoms. The molecule has 1 aromatic rings. The summed E-state index contributed by atoms with van der Waals surface area (Å²) in [7, 11) is 1.82. The Balaban J connectivity index is 0.00000242. The van der Waals surface area contributed by atoms with Crippen LogP contribution in [0.2, 0.25) is 0 Å². The highest BCUT2D eigenvalue weighted by molar-refractivity contribution is 14.0. The zero-order valence-electron chi connectivity index (χ0n) is 13.5. The number of allylic oxidation sites excluding steroid dienone is 1. The normalized spacial score (nSPS) is 15.0. The molecule has 1 aromatic heterocycles. The van der Waals surface area contributed by atoms with Crippen molar-refractivity contribution in [2.24, 2.45) is 4.99 Å². The molecule has 0 unspecified atom stereocenters. The van der Waals surface area contributed by atoms with Gasteiger partial charge in [-0.15, -0.1) is 35.3 Å². The smallest absolute Gasteiger partial charge is 0.191 e. The minimum Gasteiger partial charge on any atom is -0.356 e. The summed E-state index contributed by atoms with van der Waals surface area (Å²) >= 11 is 1.76. The summed E-state index contributed by atoms with van der Waals surface area (Å²) in [5, 5.41) is 7.92. The average molecular weight is 434 g/mol. The number of hydrogen-bond donors (Lipinski definition) is 2. The fourth-order valence-electron chi connectivity index (χ4n) is 2.50. The number of aryl methyl sites for hydroxylation is 1. The van der Waals surface area contributed by atoms with Gasteiger partial charge in [0.1, 0.15) is 0 Å². The van der Waals surface area contributed by atoms with Gasteiger partial charge in [0, 0.05) is 37.6 Å². The highest BCUT2D eigenvalue weighted by atomic mass is 127. The zero-order chi connectivity index (χ0) is 14.9. The lowest BCUT2D eigenvalue weighted by Crippen LogP contribution is -2.38. The first-order chi connectivity index (χ1) is 10.3. The molecule has 124 valence electrons. The Labute approximate surface area is 154 Å². The second-order valence-electron chi connectivity index (χ2n) is 5.40. The van der Waals surface area contributed by atoms with Crippen molar-refractivity contribution in [3.63, 3.8) is 0 Å². The van der Waals surface area contributed by atoms with Crippen molar-refractivity contribution in [1.82, 2.24) is 15.6 Å². The van der Waals surface area contributed by atoms with Crippen molar-refractivity contribution in [2.45, 2.75) is 45.4 Å². The summed E-state index contributed by atoms with van der Waals surface area (Å²) in [5.74, 6) is 0.889. The third-order valence-corrected chi connectivity index (χ3v) is 4.62. The van der Waals surface area contributed by atoms with E-state index in [-0.39, 0.29) is 24.0 Å². The number of aliphatic imine (C=N–C) groups is 1. The van der Waals surface area contributed by atoms with Gasteiger partial charge in [0.05, 0.1) is 5.01 Å². The van der Waals surface area contributed by atoms with Crippen LogP contribution in [0.4, 0.5) is 0 Å². The predicted octanol–water partition coefficient (Wildman–Crippen LogP) is 3.67. The van der Waals surface area contributed by atoms with Crippen LogP contribution in [0.1, 0.15) is 42.0 Å². The van der Waals surface area contributed by atoms with Crippen molar-refractivity contribution in [1.29, 1.82) is 0 Å². The van der Waals surface area contributed by atoms with E-state index in [4.69, 9.17) is 0 Å². The SMILES string of the molecule is CN=C(NCCC1=CCCCC1)NCCc1ncc(C)s1.I. The van der Waals surface area contributed by atoms with Crippen LogP contribution >= 0.6 is 35.3 Å². The molecule has 2 N–H and O–H groups in total. The summed E-state index contributed by atoms with van der Waals surface area (Å²) in [6.07, 6.45) is 11.7. The Hall–Kier alpha value is -0.630. The van der Waals surface area contributed by atoms with Crippen LogP contribution < -0.4 is 10.6 Å². The standard InChI is InChI=1S/C16H26N4S.HI/c1-13-12-20-15(21-13)9-11-19-16(17-2)18-10-8-14-6-4-3-5-7-14;/h6,12H,3-5,7-11H2,1-2H3,(H2,17,18,19);1H. The van der Waals surface area contributed by atoms with Crippen LogP contribution in [0, 0.1) is 6.92 Å². The molecule has 2 rings (SSSR count). The first kappa shape index (κ1) is 19.4. The number of guanidine groups is 1. The summed E-state index contributed by atoms with van der Waals surface area (Å²) in [6, 6.07) is 0. The van der Waals surface area contributed by atoms with E-state index in [0.29, 0.717) is 0 Å². The molecule has 1 aliphatic rings. The molecule has 6 heteroatoms. The third kappa shape index (κ3) is 7.09. The first-order valence-electron chi connectivity index (χ1n) is 7.81. The summed E-state index contributed by atoms with van der Waals surface area (Å²) < 4.78 is 0. The van der Waals surface area contributed by atoms with Crippen LogP contribution in [0.15, 0.2) is 22.8 Å². The topological polar surface area (TPSA) is 49.3 Å². The van der Waals surface area contributed by atoms with E-state index in [1.54, 1.807) is 16.9 Å². The molecule has 0 atom stereocenters. The van der Waals surface area contributed by atoms with E-state index in [1.807, 2.05) is 13.2 Å². The van der Waals surface area contributed by atoms with E-state index < -0.39 is 0 Å². The molecule has 0 aliphatic heterocycles. The highest BCUT2D eigenvalue weighted by Gasteiger charge is 2.04. The lowest BCUT2D eigenvalue weighted by molar-refractivity contribution is 0.665. The van der Waals surface area contributed by atoms with Crippen LogP contribution in [-0.4, -0.2) is 31.1 Å². The molecule has 22 heavy (non-hydrogen) atoms. The molecule has 0 amide bonds. The number of halogens is 1. The van der Waals surface area contributed by atoms with Crippen molar-refractivity contribution in [3.8, 4) is 0 Å².